The highest BCUT2D eigenvalue weighted by atomic mass is 32.2. The first kappa shape index (κ1) is 34.6. The maximum atomic E-state index is 14.0. The topological polar surface area (TPSA) is 164 Å². The minimum Gasteiger partial charge on any atom is -0.446 e. The molecule has 4 aliphatic rings. The van der Waals surface area contributed by atoms with Crippen molar-refractivity contribution in [3.63, 3.8) is 0 Å². The molecule has 5 unspecified atom stereocenters. The first-order valence-corrected chi connectivity index (χ1v) is 18.5. The first-order valence-electron chi connectivity index (χ1n) is 17.0. The molecule has 3 N–H and O–H groups in total. The number of anilines is 1. The molecule has 3 saturated carbocycles. The molecule has 0 radical (unpaired) electrons. The Labute approximate surface area is 287 Å². The van der Waals surface area contributed by atoms with Gasteiger partial charge in [-0.05, 0) is 95.4 Å². The van der Waals surface area contributed by atoms with E-state index in [1.165, 1.54) is 0 Å². The van der Waals surface area contributed by atoms with Crippen LogP contribution in [0.3, 0.4) is 0 Å². The lowest BCUT2D eigenvalue weighted by molar-refractivity contribution is -0.140. The van der Waals surface area contributed by atoms with Gasteiger partial charge in [-0.1, -0.05) is 30.4 Å². The van der Waals surface area contributed by atoms with Gasteiger partial charge in [0.15, 0.2) is 0 Å². The van der Waals surface area contributed by atoms with E-state index < -0.39 is 56.2 Å². The summed E-state index contributed by atoms with van der Waals surface area (Å²) >= 11 is 0. The summed E-state index contributed by atoms with van der Waals surface area (Å²) in [6.45, 7) is 5.96. The van der Waals surface area contributed by atoms with E-state index >= 15 is 0 Å². The molecule has 0 saturated heterocycles. The van der Waals surface area contributed by atoms with Crippen LogP contribution in [0.4, 0.5) is 10.5 Å². The van der Waals surface area contributed by atoms with E-state index in [0.29, 0.717) is 36.3 Å². The number of hydrogen-bond acceptors (Lipinski definition) is 8. The minimum absolute atomic E-state index is 0.0677. The fourth-order valence-electron chi connectivity index (χ4n) is 6.89. The molecule has 4 amide bonds. The number of benzene rings is 1. The van der Waals surface area contributed by atoms with Crippen LogP contribution in [0.1, 0.15) is 69.4 Å². The fourth-order valence-corrected chi connectivity index (χ4v) is 8.21. The molecular weight excluding hydrogens is 646 g/mol. The number of amides is 4. The van der Waals surface area contributed by atoms with Gasteiger partial charge in [-0.3, -0.25) is 29.4 Å². The second kappa shape index (κ2) is 13.2. The van der Waals surface area contributed by atoms with Crippen molar-refractivity contribution in [1.29, 1.82) is 0 Å². The van der Waals surface area contributed by atoms with Gasteiger partial charge in [0.1, 0.15) is 11.6 Å². The van der Waals surface area contributed by atoms with E-state index in [4.69, 9.17) is 4.74 Å². The smallest absolute Gasteiger partial charge is 0.411 e. The Morgan fingerprint density at radius 2 is 1.78 bits per heavy atom. The number of nitrogens with one attached hydrogen (secondary N) is 3. The molecule has 2 heterocycles. The van der Waals surface area contributed by atoms with E-state index in [1.807, 2.05) is 56.3 Å². The maximum Gasteiger partial charge on any atom is 0.411 e. The number of nitrogens with zero attached hydrogens (tertiary/aromatic N) is 2. The van der Waals surface area contributed by atoms with Crippen LogP contribution in [-0.2, 0) is 29.1 Å². The van der Waals surface area contributed by atoms with Crippen LogP contribution in [0, 0.1) is 31.6 Å². The average molecular weight is 692 g/mol. The van der Waals surface area contributed by atoms with E-state index in [2.05, 4.69) is 20.3 Å². The third-order valence-corrected chi connectivity index (χ3v) is 12.7. The van der Waals surface area contributed by atoms with Gasteiger partial charge in [-0.2, -0.15) is 0 Å². The molecule has 0 spiro atoms. The van der Waals surface area contributed by atoms with Gasteiger partial charge < -0.3 is 15.0 Å². The van der Waals surface area contributed by atoms with Crippen molar-refractivity contribution in [2.24, 2.45) is 17.8 Å². The second-order valence-electron chi connectivity index (χ2n) is 14.4. The Kier molecular flexibility index (Phi) is 9.33. The standard InChI is InChI=1S/C36H45N5O7S/c1-22-10-12-26(29-13-11-23(2)21-37-29)30(17-22)38-34(45)48-25-18-27-28(19-25)32(43)41(4)16-8-6-5-7-9-24-20-36(24,39-31(27)42)33(44)40-49(46,47)35(3)14-15-35/h7,9-13,17,21,24-25,27-28H,5-6,8,14-16,18-20H2,1-4H3,(H,38,45)(H,39,42)(H,40,44). The molecule has 49 heavy (non-hydrogen) atoms. The van der Waals surface area contributed by atoms with Crippen molar-refractivity contribution in [2.75, 3.05) is 18.9 Å². The van der Waals surface area contributed by atoms with Gasteiger partial charge in [-0.25, -0.2) is 13.2 Å². The summed E-state index contributed by atoms with van der Waals surface area (Å²) in [7, 11) is -2.23. The van der Waals surface area contributed by atoms with E-state index in [9.17, 15) is 27.6 Å². The lowest BCUT2D eigenvalue weighted by Crippen LogP contribution is -2.55. The second-order valence-corrected chi connectivity index (χ2v) is 16.6. The molecular formula is C36H45N5O7S. The first-order chi connectivity index (χ1) is 23.2. The maximum absolute atomic E-state index is 14.0. The predicted octanol–water partition coefficient (Wildman–Crippen LogP) is 4.38. The normalized spacial score (nSPS) is 28.0. The number of fused-ring (bicyclic) bond motifs is 2. The summed E-state index contributed by atoms with van der Waals surface area (Å²) in [6.07, 6.45) is 7.75. The molecule has 12 nitrogen and oxygen atoms in total. The van der Waals surface area contributed by atoms with Crippen molar-refractivity contribution >= 4 is 39.5 Å². The van der Waals surface area contributed by atoms with Crippen molar-refractivity contribution in [3.05, 3.63) is 59.8 Å². The minimum atomic E-state index is -3.94. The number of carbonyl (C=O) groups excluding carboxylic acids is 4. The predicted molar refractivity (Wildman–Crippen MR) is 184 cm³/mol. The highest BCUT2D eigenvalue weighted by Gasteiger charge is 2.63. The van der Waals surface area contributed by atoms with Crippen molar-refractivity contribution in [3.8, 4) is 11.3 Å². The zero-order valence-electron chi connectivity index (χ0n) is 28.5. The highest BCUT2D eigenvalue weighted by Crippen LogP contribution is 2.48. The van der Waals surface area contributed by atoms with Crippen LogP contribution in [0.15, 0.2) is 48.7 Å². The summed E-state index contributed by atoms with van der Waals surface area (Å²) in [5, 5.41) is 5.71. The van der Waals surface area contributed by atoms with Gasteiger partial charge in [0, 0.05) is 31.3 Å². The number of rotatable bonds is 6. The molecule has 262 valence electrons. The number of allylic oxidation sites excluding steroid dienone is 1. The van der Waals surface area contributed by atoms with E-state index in [1.54, 1.807) is 25.1 Å². The van der Waals surface area contributed by atoms with Crippen LogP contribution in [-0.4, -0.2) is 72.1 Å². The average Bonchev–Trinajstić information content (AvgIpc) is 3.93. The van der Waals surface area contributed by atoms with Gasteiger partial charge in [0.2, 0.25) is 21.8 Å². The Hall–Kier alpha value is -4.26. The molecule has 3 aliphatic carbocycles. The largest absolute Gasteiger partial charge is 0.446 e. The Morgan fingerprint density at radius 1 is 1.04 bits per heavy atom. The number of pyridine rings is 1. The van der Waals surface area contributed by atoms with E-state index in [-0.39, 0.29) is 31.1 Å². The monoisotopic (exact) mass is 691 g/mol. The highest BCUT2D eigenvalue weighted by molar-refractivity contribution is 7.91. The summed E-state index contributed by atoms with van der Waals surface area (Å²) in [6, 6.07) is 9.44. The molecule has 6 rings (SSSR count). The zero-order chi connectivity index (χ0) is 35.1. The molecule has 2 aromatic rings. The molecule has 3 fully saturated rings. The number of ether oxygens (including phenoxy) is 1. The van der Waals surface area contributed by atoms with Gasteiger partial charge in [0.05, 0.1) is 28.0 Å². The van der Waals surface area contributed by atoms with Crippen molar-refractivity contribution in [1.82, 2.24) is 19.9 Å². The van der Waals surface area contributed by atoms with Crippen LogP contribution in [0.5, 0.6) is 0 Å². The Morgan fingerprint density at radius 3 is 2.49 bits per heavy atom. The van der Waals surface area contributed by atoms with Gasteiger partial charge >= 0.3 is 6.09 Å². The SMILES string of the molecule is Cc1ccc(-c2ccc(C)cc2NC(=O)OC2CC3C(=O)NC4(C(=O)NS(=O)(=O)C5(C)CC5)CC4C=CCCCCN(C)C(=O)C3C2)nc1. The summed E-state index contributed by atoms with van der Waals surface area (Å²) in [5.74, 6) is -3.61. The molecule has 1 aliphatic heterocycles. The number of carbonyl (C=O) groups is 4. The van der Waals surface area contributed by atoms with Crippen LogP contribution < -0.4 is 15.4 Å². The molecule has 13 heteroatoms. The lowest BCUT2D eigenvalue weighted by Gasteiger charge is -2.27. The van der Waals surface area contributed by atoms with Crippen LogP contribution in [0.25, 0.3) is 11.3 Å². The summed E-state index contributed by atoms with van der Waals surface area (Å²) in [4.78, 5) is 60.8. The third kappa shape index (κ3) is 7.22. The van der Waals surface area contributed by atoms with Crippen molar-refractivity contribution in [2.45, 2.75) is 88.5 Å². The molecule has 1 aromatic carbocycles. The van der Waals surface area contributed by atoms with Crippen LogP contribution >= 0.6 is 0 Å². The lowest BCUT2D eigenvalue weighted by atomic mass is 9.93. The summed E-state index contributed by atoms with van der Waals surface area (Å²) < 4.78 is 33.0. The number of hydrogen-bond donors (Lipinski definition) is 3. The molecule has 1 aromatic heterocycles. The summed E-state index contributed by atoms with van der Waals surface area (Å²) in [5.41, 5.74) is 2.39. The van der Waals surface area contributed by atoms with Crippen molar-refractivity contribution < 1.29 is 32.3 Å². The number of aryl methyl sites for hydroxylation is 2. The molecule has 5 atom stereocenters. The zero-order valence-corrected chi connectivity index (χ0v) is 29.3. The Balaban J connectivity index is 1.21. The molecule has 0 bridgehead atoms. The number of sulfonamides is 1. The van der Waals surface area contributed by atoms with Gasteiger partial charge in [-0.15, -0.1) is 0 Å². The van der Waals surface area contributed by atoms with Crippen LogP contribution in [0.2, 0.25) is 0 Å². The van der Waals surface area contributed by atoms with E-state index in [0.717, 1.165) is 30.4 Å². The quantitative estimate of drug-likeness (QED) is 0.376. The Bertz CT molecular complexity index is 1790. The number of aromatic nitrogens is 1. The third-order valence-electron chi connectivity index (χ3n) is 10.5. The fraction of sp³-hybridized carbons (Fsp3) is 0.528. The van der Waals surface area contributed by atoms with Gasteiger partial charge in [0.25, 0.3) is 5.91 Å².